The molecule has 0 amide bonds. The minimum Gasteiger partial charge on any atom is -0.455 e. The Morgan fingerprint density at radius 1 is 0.458 bits per heavy atom. The van der Waals surface area contributed by atoms with Gasteiger partial charge >= 0.3 is 0 Å². The second-order valence-electron chi connectivity index (χ2n) is 12.6. The second kappa shape index (κ2) is 9.74. The van der Waals surface area contributed by atoms with E-state index in [9.17, 15) is 0 Å². The molecule has 0 spiro atoms. The molecule has 0 aliphatic carbocycles. The van der Waals surface area contributed by atoms with Gasteiger partial charge in [0.25, 0.3) is 0 Å². The molecule has 11 aromatic rings. The lowest BCUT2D eigenvalue weighted by Gasteiger charge is -2.12. The van der Waals surface area contributed by atoms with Gasteiger partial charge in [-0.05, 0) is 51.4 Å². The highest BCUT2D eigenvalue weighted by molar-refractivity contribution is 7.26. The van der Waals surface area contributed by atoms with Gasteiger partial charge in [-0.3, -0.25) is 0 Å². The number of hydrogen-bond donors (Lipinski definition) is 0. The quantitative estimate of drug-likeness (QED) is 0.178. The van der Waals surface area contributed by atoms with Crippen molar-refractivity contribution in [2.24, 2.45) is 0 Å². The largest absolute Gasteiger partial charge is 0.455 e. The van der Waals surface area contributed by atoms with Crippen LogP contribution in [-0.2, 0) is 0 Å². The van der Waals surface area contributed by atoms with Gasteiger partial charge in [0.1, 0.15) is 11.2 Å². The Morgan fingerprint density at radius 2 is 1.12 bits per heavy atom. The summed E-state index contributed by atoms with van der Waals surface area (Å²) in [5.41, 5.74) is 7.18. The molecule has 11 rings (SSSR count). The Bertz CT molecular complexity index is 3110. The average Bonchev–Trinajstić information content (AvgIpc) is 3.74. The van der Waals surface area contributed by atoms with E-state index in [-0.39, 0.29) is 0 Å². The molecule has 48 heavy (non-hydrogen) atoms. The first-order valence-electron chi connectivity index (χ1n) is 16.3. The Kier molecular flexibility index (Phi) is 5.29. The van der Waals surface area contributed by atoms with Crippen LogP contribution in [0.15, 0.2) is 156 Å². The molecule has 0 saturated heterocycles. The van der Waals surface area contributed by atoms with Gasteiger partial charge in [0.2, 0.25) is 0 Å². The summed E-state index contributed by atoms with van der Waals surface area (Å²) in [5.74, 6) is 0. The topological polar surface area (TPSA) is 26.0 Å². The molecule has 0 aliphatic heterocycles. The number of fused-ring (bicyclic) bond motifs is 14. The number of aromatic nitrogens is 1. The fourth-order valence-corrected chi connectivity index (χ4v) is 9.11. The van der Waals surface area contributed by atoms with Crippen LogP contribution in [0.1, 0.15) is 0 Å². The van der Waals surface area contributed by atoms with Crippen molar-refractivity contribution in [3.05, 3.63) is 152 Å². The molecule has 3 heterocycles. The molecule has 2 nitrogen and oxygen atoms in total. The zero-order chi connectivity index (χ0) is 31.3. The number of benzene rings is 8. The lowest BCUT2D eigenvalue weighted by molar-refractivity contribution is 0.670. The van der Waals surface area contributed by atoms with Crippen LogP contribution in [0.2, 0.25) is 0 Å². The smallest absolute Gasteiger partial charge is 0.143 e. The molecule has 0 atom stereocenters. The first-order chi connectivity index (χ1) is 23.8. The van der Waals surface area contributed by atoms with E-state index in [2.05, 4.69) is 152 Å². The van der Waals surface area contributed by atoms with Crippen LogP contribution < -0.4 is 0 Å². The van der Waals surface area contributed by atoms with Gasteiger partial charge in [0.05, 0.1) is 11.2 Å². The third kappa shape index (κ3) is 3.59. The zero-order valence-corrected chi connectivity index (χ0v) is 26.5. The first kappa shape index (κ1) is 26.1. The van der Waals surface area contributed by atoms with Gasteiger partial charge in [-0.1, -0.05) is 127 Å². The highest BCUT2D eigenvalue weighted by Gasteiger charge is 2.19. The van der Waals surface area contributed by atoms with Crippen molar-refractivity contribution < 1.29 is 4.42 Å². The molecular formula is C45H25NOS. The van der Waals surface area contributed by atoms with Crippen LogP contribution >= 0.6 is 11.3 Å². The molecule has 3 heteroatoms. The van der Waals surface area contributed by atoms with Gasteiger partial charge in [-0.25, -0.2) is 4.98 Å². The van der Waals surface area contributed by atoms with Crippen LogP contribution in [0, 0.1) is 0 Å². The van der Waals surface area contributed by atoms with E-state index in [4.69, 9.17) is 9.40 Å². The predicted octanol–water partition coefficient (Wildman–Crippen LogP) is 13.3. The Hall–Kier alpha value is -6.03. The van der Waals surface area contributed by atoms with Crippen molar-refractivity contribution in [3.63, 3.8) is 0 Å². The number of rotatable bonds is 2. The van der Waals surface area contributed by atoms with Gasteiger partial charge in [0.15, 0.2) is 0 Å². The maximum Gasteiger partial charge on any atom is 0.143 e. The Morgan fingerprint density at radius 3 is 1.98 bits per heavy atom. The van der Waals surface area contributed by atoms with Crippen LogP contribution in [0.4, 0.5) is 0 Å². The number of furan rings is 1. The molecule has 0 unspecified atom stereocenters. The molecule has 3 aromatic heterocycles. The van der Waals surface area contributed by atoms with Crippen molar-refractivity contribution >= 4 is 96.7 Å². The first-order valence-corrected chi connectivity index (χ1v) is 17.1. The summed E-state index contributed by atoms with van der Waals surface area (Å²) < 4.78 is 9.36. The molecule has 0 saturated carbocycles. The second-order valence-corrected chi connectivity index (χ2v) is 13.7. The molecule has 8 aromatic carbocycles. The van der Waals surface area contributed by atoms with Gasteiger partial charge in [-0.2, -0.15) is 0 Å². The molecule has 0 radical (unpaired) electrons. The van der Waals surface area contributed by atoms with E-state index in [0.717, 1.165) is 39.1 Å². The van der Waals surface area contributed by atoms with E-state index in [1.807, 2.05) is 11.3 Å². The van der Waals surface area contributed by atoms with E-state index in [1.165, 1.54) is 68.6 Å². The summed E-state index contributed by atoms with van der Waals surface area (Å²) in [7, 11) is 0. The average molecular weight is 628 g/mol. The molecule has 0 aliphatic rings. The standard InChI is InChI=1S/C45H25NOS/c1-3-11-30-26(9-1)21-24-38-41(30)42-31-12-4-2-10-29(31)25-36(44(42)47-38)27-17-19-28(20-18-27)43-35-23-22-33-32-13-6-8-16-39(32)48-45(33)40(35)34-14-5-7-15-37(34)46-43/h1-25H. The summed E-state index contributed by atoms with van der Waals surface area (Å²) >= 11 is 1.88. The predicted molar refractivity (Wildman–Crippen MR) is 205 cm³/mol. The number of nitrogens with zero attached hydrogens (tertiary/aromatic N) is 1. The molecule has 0 bridgehead atoms. The maximum atomic E-state index is 6.73. The minimum absolute atomic E-state index is 0.914. The summed E-state index contributed by atoms with van der Waals surface area (Å²) in [5, 5.41) is 13.5. The monoisotopic (exact) mass is 627 g/mol. The van der Waals surface area contributed by atoms with Gasteiger partial charge < -0.3 is 4.42 Å². The lowest BCUT2D eigenvalue weighted by atomic mass is 9.93. The van der Waals surface area contributed by atoms with Gasteiger partial charge in [0, 0.05) is 58.2 Å². The van der Waals surface area contributed by atoms with Crippen molar-refractivity contribution in [3.8, 4) is 22.4 Å². The SMILES string of the molecule is c1ccc2c(c1)ccc1oc3c(-c4ccc(-c5nc6ccccc6c6c5ccc5c7ccccc7sc56)cc4)cc4ccccc4c3c12. The van der Waals surface area contributed by atoms with Crippen LogP contribution in [0.25, 0.3) is 108 Å². The van der Waals surface area contributed by atoms with Crippen LogP contribution in [0.3, 0.4) is 0 Å². The number of hydrogen-bond acceptors (Lipinski definition) is 3. The molecule has 0 N–H and O–H groups in total. The van der Waals surface area contributed by atoms with Crippen molar-refractivity contribution in [1.29, 1.82) is 0 Å². The fourth-order valence-electron chi connectivity index (χ4n) is 7.85. The van der Waals surface area contributed by atoms with E-state index in [1.54, 1.807) is 0 Å². The van der Waals surface area contributed by atoms with Crippen LogP contribution in [0.5, 0.6) is 0 Å². The van der Waals surface area contributed by atoms with E-state index >= 15 is 0 Å². The van der Waals surface area contributed by atoms with Crippen molar-refractivity contribution in [2.75, 3.05) is 0 Å². The third-order valence-corrected chi connectivity index (χ3v) is 11.2. The van der Waals surface area contributed by atoms with Crippen molar-refractivity contribution in [2.45, 2.75) is 0 Å². The molecule has 222 valence electrons. The lowest BCUT2D eigenvalue weighted by Crippen LogP contribution is -1.90. The highest BCUT2D eigenvalue weighted by atomic mass is 32.1. The minimum atomic E-state index is 0.914. The Balaban J connectivity index is 1.15. The zero-order valence-electron chi connectivity index (χ0n) is 25.7. The van der Waals surface area contributed by atoms with Gasteiger partial charge in [-0.15, -0.1) is 11.3 Å². The summed E-state index contributed by atoms with van der Waals surface area (Å²) in [6.07, 6.45) is 0. The number of para-hydroxylation sites is 1. The molecule has 0 fully saturated rings. The fraction of sp³-hybridized carbons (Fsp3) is 0. The third-order valence-electron chi connectivity index (χ3n) is 10.0. The molecular weight excluding hydrogens is 603 g/mol. The summed E-state index contributed by atoms with van der Waals surface area (Å²) in [4.78, 5) is 5.27. The summed E-state index contributed by atoms with van der Waals surface area (Å²) in [6, 6.07) is 54.5. The van der Waals surface area contributed by atoms with E-state index < -0.39 is 0 Å². The summed E-state index contributed by atoms with van der Waals surface area (Å²) in [6.45, 7) is 0. The maximum absolute atomic E-state index is 6.73. The van der Waals surface area contributed by atoms with E-state index in [0.29, 0.717) is 0 Å². The Labute approximate surface area is 279 Å². The normalized spacial score (nSPS) is 12.2. The number of thiophene rings is 1. The number of pyridine rings is 1. The highest BCUT2D eigenvalue weighted by Crippen LogP contribution is 2.45. The van der Waals surface area contributed by atoms with Crippen molar-refractivity contribution in [1.82, 2.24) is 4.98 Å². The van der Waals surface area contributed by atoms with Crippen LogP contribution in [-0.4, -0.2) is 4.98 Å².